The first-order valence-corrected chi connectivity index (χ1v) is 6.23. The highest BCUT2D eigenvalue weighted by molar-refractivity contribution is 6.31. The molecule has 2 amide bonds. The number of rotatable bonds is 2. The third kappa shape index (κ3) is 2.97. The molecule has 1 aromatic heterocycles. The Morgan fingerprint density at radius 1 is 1.60 bits per heavy atom. The SMILES string of the molecule is N#Cc1ncc(NC(=O)N2CCC(C(=O)O)C2)cc1Cl. The van der Waals surface area contributed by atoms with Crippen molar-refractivity contribution < 1.29 is 14.7 Å². The number of aromatic nitrogens is 1. The Kier molecular flexibility index (Phi) is 4.05. The predicted molar refractivity (Wildman–Crippen MR) is 70.3 cm³/mol. The zero-order chi connectivity index (χ0) is 14.7. The normalized spacial score (nSPS) is 17.6. The monoisotopic (exact) mass is 294 g/mol. The Balaban J connectivity index is 2.01. The molecule has 8 heteroatoms. The molecule has 0 saturated carbocycles. The molecule has 7 nitrogen and oxygen atoms in total. The van der Waals surface area contributed by atoms with Gasteiger partial charge in [0.2, 0.25) is 0 Å². The van der Waals surface area contributed by atoms with Crippen molar-refractivity contribution in [3.05, 3.63) is 23.0 Å². The van der Waals surface area contributed by atoms with Gasteiger partial charge in [0.1, 0.15) is 6.07 Å². The van der Waals surface area contributed by atoms with Crippen LogP contribution in [-0.4, -0.2) is 40.1 Å². The number of carbonyl (C=O) groups excluding carboxylic acids is 1. The molecule has 1 aliphatic rings. The number of nitrogens with one attached hydrogen (secondary N) is 1. The van der Waals surface area contributed by atoms with Gasteiger partial charge in [0, 0.05) is 13.1 Å². The average molecular weight is 295 g/mol. The average Bonchev–Trinajstić information content (AvgIpc) is 2.88. The number of anilines is 1. The van der Waals surface area contributed by atoms with E-state index in [1.165, 1.54) is 17.2 Å². The molecule has 1 saturated heterocycles. The van der Waals surface area contributed by atoms with Gasteiger partial charge in [-0.15, -0.1) is 0 Å². The van der Waals surface area contributed by atoms with E-state index in [0.29, 0.717) is 18.7 Å². The van der Waals surface area contributed by atoms with Crippen LogP contribution in [0.15, 0.2) is 12.3 Å². The van der Waals surface area contributed by atoms with E-state index >= 15 is 0 Å². The summed E-state index contributed by atoms with van der Waals surface area (Å²) in [7, 11) is 0. The minimum Gasteiger partial charge on any atom is -0.481 e. The largest absolute Gasteiger partial charge is 0.481 e. The second kappa shape index (κ2) is 5.75. The van der Waals surface area contributed by atoms with E-state index in [0.717, 1.165) is 0 Å². The molecular formula is C12H11ClN4O3. The summed E-state index contributed by atoms with van der Waals surface area (Å²) in [6.45, 7) is 0.568. The van der Waals surface area contributed by atoms with Crippen molar-refractivity contribution in [1.29, 1.82) is 5.26 Å². The van der Waals surface area contributed by atoms with Crippen molar-refractivity contribution in [2.24, 2.45) is 5.92 Å². The van der Waals surface area contributed by atoms with Crippen LogP contribution in [-0.2, 0) is 4.79 Å². The van der Waals surface area contributed by atoms with E-state index in [9.17, 15) is 9.59 Å². The molecule has 1 aromatic rings. The third-order valence-electron chi connectivity index (χ3n) is 3.02. The number of hydrogen-bond acceptors (Lipinski definition) is 4. The first-order chi connectivity index (χ1) is 9.51. The fourth-order valence-electron chi connectivity index (χ4n) is 1.94. The van der Waals surface area contributed by atoms with Crippen molar-refractivity contribution >= 4 is 29.3 Å². The zero-order valence-corrected chi connectivity index (χ0v) is 11.1. The smallest absolute Gasteiger partial charge is 0.321 e. The van der Waals surface area contributed by atoms with Gasteiger partial charge in [-0.3, -0.25) is 4.79 Å². The number of aliphatic carboxylic acids is 1. The third-order valence-corrected chi connectivity index (χ3v) is 3.31. The molecule has 0 aromatic carbocycles. The lowest BCUT2D eigenvalue weighted by Crippen LogP contribution is -2.33. The van der Waals surface area contributed by atoms with Gasteiger partial charge in [-0.25, -0.2) is 9.78 Å². The van der Waals surface area contributed by atoms with Crippen molar-refractivity contribution in [2.45, 2.75) is 6.42 Å². The Morgan fingerprint density at radius 2 is 2.35 bits per heavy atom. The number of halogens is 1. The van der Waals surface area contributed by atoms with E-state index in [1.54, 1.807) is 0 Å². The molecule has 1 atom stereocenters. The minimum absolute atomic E-state index is 0.0804. The number of carboxylic acids is 1. The molecule has 2 rings (SSSR count). The standard InChI is InChI=1S/C12H11ClN4O3/c13-9-3-8(5-15-10(9)4-14)16-12(20)17-2-1-7(6-17)11(18)19/h3,5,7H,1-2,6H2,(H,16,20)(H,18,19). The lowest BCUT2D eigenvalue weighted by atomic mass is 10.1. The van der Waals surface area contributed by atoms with Crippen LogP contribution in [0.2, 0.25) is 5.02 Å². The van der Waals surface area contributed by atoms with Gasteiger partial charge in [-0.1, -0.05) is 11.6 Å². The molecule has 2 N–H and O–H groups in total. The number of amides is 2. The maximum Gasteiger partial charge on any atom is 0.321 e. The van der Waals surface area contributed by atoms with Gasteiger partial charge >= 0.3 is 12.0 Å². The summed E-state index contributed by atoms with van der Waals surface area (Å²) in [5, 5.41) is 20.3. The maximum absolute atomic E-state index is 11.9. The first-order valence-electron chi connectivity index (χ1n) is 5.85. The first kappa shape index (κ1) is 14.1. The summed E-state index contributed by atoms with van der Waals surface area (Å²) in [5.74, 6) is -1.42. The van der Waals surface area contributed by atoms with Crippen LogP contribution in [0.5, 0.6) is 0 Å². The molecule has 1 fully saturated rings. The van der Waals surface area contributed by atoms with Gasteiger partial charge < -0.3 is 15.3 Å². The highest BCUT2D eigenvalue weighted by Gasteiger charge is 2.30. The zero-order valence-electron chi connectivity index (χ0n) is 10.3. The number of hydrogen-bond donors (Lipinski definition) is 2. The number of urea groups is 1. The van der Waals surface area contributed by atoms with Crippen LogP contribution in [0.1, 0.15) is 12.1 Å². The van der Waals surface area contributed by atoms with Crippen LogP contribution >= 0.6 is 11.6 Å². The topological polar surface area (TPSA) is 106 Å². The molecule has 0 aliphatic carbocycles. The van der Waals surface area contributed by atoms with E-state index in [-0.39, 0.29) is 17.3 Å². The lowest BCUT2D eigenvalue weighted by Gasteiger charge is -2.16. The van der Waals surface area contributed by atoms with Gasteiger partial charge in [0.15, 0.2) is 5.69 Å². The summed E-state index contributed by atoms with van der Waals surface area (Å²) in [6, 6.07) is 2.84. The van der Waals surface area contributed by atoms with Crippen LogP contribution in [0.4, 0.5) is 10.5 Å². The number of pyridine rings is 1. The van der Waals surface area contributed by atoms with Crippen molar-refractivity contribution in [3.63, 3.8) is 0 Å². The number of carboxylic acid groups (broad SMARTS) is 1. The van der Waals surface area contributed by atoms with Crippen molar-refractivity contribution in [1.82, 2.24) is 9.88 Å². The molecule has 0 spiro atoms. The van der Waals surface area contributed by atoms with Crippen molar-refractivity contribution in [2.75, 3.05) is 18.4 Å². The molecule has 0 bridgehead atoms. The fraction of sp³-hybridized carbons (Fsp3) is 0.333. The number of nitrogens with zero attached hydrogens (tertiary/aromatic N) is 3. The maximum atomic E-state index is 11.9. The Bertz CT molecular complexity index is 599. The van der Waals surface area contributed by atoms with Crippen LogP contribution < -0.4 is 5.32 Å². The molecule has 2 heterocycles. The minimum atomic E-state index is -0.900. The molecule has 1 aliphatic heterocycles. The van der Waals surface area contributed by atoms with Gasteiger partial charge in [0.25, 0.3) is 0 Å². The summed E-state index contributed by atoms with van der Waals surface area (Å²) in [5.41, 5.74) is 0.439. The highest BCUT2D eigenvalue weighted by Crippen LogP contribution is 2.20. The summed E-state index contributed by atoms with van der Waals surface area (Å²) < 4.78 is 0. The molecule has 20 heavy (non-hydrogen) atoms. The van der Waals surface area contributed by atoms with E-state index in [1.807, 2.05) is 6.07 Å². The summed E-state index contributed by atoms with van der Waals surface area (Å²) in [4.78, 5) is 28.0. The molecule has 104 valence electrons. The number of nitriles is 1. The molecule has 0 radical (unpaired) electrons. The van der Waals surface area contributed by atoms with Gasteiger partial charge in [-0.05, 0) is 12.5 Å². The van der Waals surface area contributed by atoms with E-state index in [4.69, 9.17) is 22.0 Å². The number of carbonyl (C=O) groups is 2. The lowest BCUT2D eigenvalue weighted by molar-refractivity contribution is -0.141. The Hall–Kier alpha value is -2.33. The molecular weight excluding hydrogens is 284 g/mol. The summed E-state index contributed by atoms with van der Waals surface area (Å²) >= 11 is 5.81. The van der Waals surface area contributed by atoms with Crippen molar-refractivity contribution in [3.8, 4) is 6.07 Å². The second-order valence-electron chi connectivity index (χ2n) is 4.37. The predicted octanol–water partition coefficient (Wildman–Crippen LogP) is 1.55. The van der Waals surface area contributed by atoms with Crippen LogP contribution in [0.3, 0.4) is 0 Å². The summed E-state index contributed by atoms with van der Waals surface area (Å²) in [6.07, 6.45) is 1.77. The van der Waals surface area contributed by atoms with Gasteiger partial charge in [0.05, 0.1) is 22.8 Å². The fourth-order valence-corrected chi connectivity index (χ4v) is 2.15. The van der Waals surface area contributed by atoms with Crippen LogP contribution in [0.25, 0.3) is 0 Å². The van der Waals surface area contributed by atoms with E-state index in [2.05, 4.69) is 10.3 Å². The van der Waals surface area contributed by atoms with Crippen LogP contribution in [0, 0.1) is 17.2 Å². The van der Waals surface area contributed by atoms with E-state index < -0.39 is 17.9 Å². The van der Waals surface area contributed by atoms with Gasteiger partial charge in [-0.2, -0.15) is 5.26 Å². The quantitative estimate of drug-likeness (QED) is 0.860. The Morgan fingerprint density at radius 3 is 2.90 bits per heavy atom. The highest BCUT2D eigenvalue weighted by atomic mass is 35.5. The molecule has 1 unspecified atom stereocenters. The second-order valence-corrected chi connectivity index (χ2v) is 4.77. The number of likely N-dealkylation sites (tertiary alicyclic amines) is 1. The Labute approximate surface area is 119 Å².